The molecular formula is C16H12Cl2O4. The lowest BCUT2D eigenvalue weighted by Crippen LogP contribution is -2.03. The van der Waals surface area contributed by atoms with Crippen molar-refractivity contribution in [3.63, 3.8) is 0 Å². The first-order chi connectivity index (χ1) is 9.56. The van der Waals surface area contributed by atoms with Gasteiger partial charge in [-0.2, -0.15) is 0 Å². The predicted octanol–water partition coefficient (Wildman–Crippen LogP) is 3.33. The SMILES string of the molecule is Cl.Cl.O=C(O)c1cc(C#Cc2ccccc2)cc(C(=O)O)c1. The molecule has 0 fully saturated rings. The molecule has 0 aliphatic rings. The van der Waals surface area contributed by atoms with E-state index in [9.17, 15) is 9.59 Å². The maximum atomic E-state index is 11.0. The zero-order valence-corrected chi connectivity index (χ0v) is 12.8. The lowest BCUT2D eigenvalue weighted by Gasteiger charge is -2.00. The van der Waals surface area contributed by atoms with Crippen LogP contribution in [0.3, 0.4) is 0 Å². The molecule has 0 radical (unpaired) electrons. The van der Waals surface area contributed by atoms with E-state index in [1.54, 1.807) is 0 Å². The zero-order valence-electron chi connectivity index (χ0n) is 11.1. The molecule has 0 heterocycles. The van der Waals surface area contributed by atoms with Crippen molar-refractivity contribution in [3.05, 3.63) is 70.8 Å². The summed E-state index contributed by atoms with van der Waals surface area (Å²) in [6.45, 7) is 0. The lowest BCUT2D eigenvalue weighted by atomic mass is 10.1. The van der Waals surface area contributed by atoms with Crippen LogP contribution < -0.4 is 0 Å². The van der Waals surface area contributed by atoms with Gasteiger partial charge in [0, 0.05) is 11.1 Å². The summed E-state index contributed by atoms with van der Waals surface area (Å²) in [6.07, 6.45) is 0. The van der Waals surface area contributed by atoms with Gasteiger partial charge in [-0.25, -0.2) is 9.59 Å². The largest absolute Gasteiger partial charge is 0.478 e. The quantitative estimate of drug-likeness (QED) is 0.823. The minimum atomic E-state index is -1.18. The third-order valence-corrected chi connectivity index (χ3v) is 2.55. The van der Waals surface area contributed by atoms with Gasteiger partial charge in [0.2, 0.25) is 0 Å². The maximum absolute atomic E-state index is 11.0. The van der Waals surface area contributed by atoms with Crippen molar-refractivity contribution in [1.82, 2.24) is 0 Å². The summed E-state index contributed by atoms with van der Waals surface area (Å²) in [5.74, 6) is 3.26. The van der Waals surface area contributed by atoms with Gasteiger partial charge in [-0.3, -0.25) is 0 Å². The monoisotopic (exact) mass is 338 g/mol. The predicted molar refractivity (Wildman–Crippen MR) is 87.3 cm³/mol. The maximum Gasteiger partial charge on any atom is 0.335 e. The van der Waals surface area contributed by atoms with Crippen LogP contribution in [-0.2, 0) is 0 Å². The van der Waals surface area contributed by atoms with Gasteiger partial charge >= 0.3 is 11.9 Å². The molecule has 0 aliphatic heterocycles. The fourth-order valence-electron chi connectivity index (χ4n) is 1.61. The number of benzene rings is 2. The summed E-state index contributed by atoms with van der Waals surface area (Å²) in [6, 6.07) is 13.0. The van der Waals surface area contributed by atoms with Crippen LogP contribution in [0.5, 0.6) is 0 Å². The fourth-order valence-corrected chi connectivity index (χ4v) is 1.61. The summed E-state index contributed by atoms with van der Waals surface area (Å²) in [5, 5.41) is 17.9. The van der Waals surface area contributed by atoms with Crippen molar-refractivity contribution < 1.29 is 19.8 Å². The molecule has 6 heteroatoms. The minimum absolute atomic E-state index is 0. The zero-order chi connectivity index (χ0) is 14.5. The van der Waals surface area contributed by atoms with Crippen LogP contribution in [0.4, 0.5) is 0 Å². The highest BCUT2D eigenvalue weighted by atomic mass is 35.5. The number of carbonyl (C=O) groups is 2. The highest BCUT2D eigenvalue weighted by molar-refractivity contribution is 5.94. The van der Waals surface area contributed by atoms with Crippen molar-refractivity contribution in [2.24, 2.45) is 0 Å². The van der Waals surface area contributed by atoms with Crippen LogP contribution in [0.2, 0.25) is 0 Å². The molecule has 0 bridgehead atoms. The van der Waals surface area contributed by atoms with Crippen molar-refractivity contribution in [2.45, 2.75) is 0 Å². The molecule has 0 aliphatic carbocycles. The van der Waals surface area contributed by atoms with Crippen molar-refractivity contribution in [1.29, 1.82) is 0 Å². The first-order valence-corrected chi connectivity index (χ1v) is 5.75. The number of rotatable bonds is 2. The second-order valence-corrected chi connectivity index (χ2v) is 4.03. The standard InChI is InChI=1S/C16H10O4.2ClH/c17-15(18)13-8-12(9-14(10-13)16(19)20)7-6-11-4-2-1-3-5-11;;/h1-5,8-10H,(H,17,18)(H,19,20);2*1H. The minimum Gasteiger partial charge on any atom is -0.478 e. The van der Waals surface area contributed by atoms with Crippen LogP contribution in [-0.4, -0.2) is 22.2 Å². The lowest BCUT2D eigenvalue weighted by molar-refractivity contribution is 0.0696. The Labute approximate surface area is 139 Å². The van der Waals surface area contributed by atoms with Gasteiger partial charge in [-0.05, 0) is 30.3 Å². The Morgan fingerprint density at radius 2 is 1.18 bits per heavy atom. The van der Waals surface area contributed by atoms with Crippen LogP contribution >= 0.6 is 24.8 Å². The molecule has 2 N–H and O–H groups in total. The number of hydrogen-bond donors (Lipinski definition) is 2. The van der Waals surface area contributed by atoms with Crippen LogP contribution in [0.1, 0.15) is 31.8 Å². The third-order valence-electron chi connectivity index (χ3n) is 2.55. The van der Waals surface area contributed by atoms with E-state index in [0.717, 1.165) is 11.6 Å². The molecule has 22 heavy (non-hydrogen) atoms. The van der Waals surface area contributed by atoms with Gasteiger partial charge < -0.3 is 10.2 Å². The van der Waals surface area contributed by atoms with Crippen LogP contribution in [0, 0.1) is 11.8 Å². The summed E-state index contributed by atoms with van der Waals surface area (Å²) in [4.78, 5) is 21.9. The van der Waals surface area contributed by atoms with E-state index in [1.807, 2.05) is 30.3 Å². The van der Waals surface area contributed by atoms with Crippen molar-refractivity contribution in [2.75, 3.05) is 0 Å². The average molecular weight is 339 g/mol. The normalized spacial score (nSPS) is 8.55. The number of carboxylic acids is 2. The van der Waals surface area contributed by atoms with Gasteiger partial charge in [0.15, 0.2) is 0 Å². The Hall–Kier alpha value is -2.48. The summed E-state index contributed by atoms with van der Waals surface area (Å²) >= 11 is 0. The van der Waals surface area contributed by atoms with Gasteiger partial charge in [0.1, 0.15) is 0 Å². The van der Waals surface area contributed by atoms with Crippen LogP contribution in [0.25, 0.3) is 0 Å². The Bertz CT molecular complexity index is 699. The first kappa shape index (κ1) is 19.5. The van der Waals surface area contributed by atoms with E-state index in [-0.39, 0.29) is 35.9 Å². The Balaban J connectivity index is 0.00000220. The fraction of sp³-hybridized carbons (Fsp3) is 0. The third kappa shape index (κ3) is 5.13. The smallest absolute Gasteiger partial charge is 0.335 e. The Morgan fingerprint density at radius 1 is 0.727 bits per heavy atom. The van der Waals surface area contributed by atoms with Gasteiger partial charge in [0.05, 0.1) is 11.1 Å². The van der Waals surface area contributed by atoms with E-state index < -0.39 is 11.9 Å². The second-order valence-electron chi connectivity index (χ2n) is 4.03. The summed E-state index contributed by atoms with van der Waals surface area (Å²) < 4.78 is 0. The summed E-state index contributed by atoms with van der Waals surface area (Å²) in [7, 11) is 0. The average Bonchev–Trinajstić information content (AvgIpc) is 2.45. The highest BCUT2D eigenvalue weighted by Crippen LogP contribution is 2.10. The van der Waals surface area contributed by atoms with E-state index in [2.05, 4.69) is 11.8 Å². The molecule has 114 valence electrons. The molecule has 2 aromatic rings. The topological polar surface area (TPSA) is 74.6 Å². The molecule has 2 rings (SSSR count). The van der Waals surface area contributed by atoms with Gasteiger partial charge in [0.25, 0.3) is 0 Å². The molecule has 0 amide bonds. The van der Waals surface area contributed by atoms with E-state index in [4.69, 9.17) is 10.2 Å². The van der Waals surface area contributed by atoms with Gasteiger partial charge in [-0.15, -0.1) is 24.8 Å². The molecular weight excluding hydrogens is 327 g/mol. The number of halogens is 2. The summed E-state index contributed by atoms with van der Waals surface area (Å²) in [5.41, 5.74) is 0.931. The number of carboxylic acid groups (broad SMARTS) is 2. The Kier molecular flexibility index (Phi) is 7.74. The van der Waals surface area contributed by atoms with Crippen LogP contribution in [0.15, 0.2) is 48.5 Å². The molecule has 4 nitrogen and oxygen atoms in total. The van der Waals surface area contributed by atoms with E-state index in [0.29, 0.717) is 5.56 Å². The van der Waals surface area contributed by atoms with Crippen molar-refractivity contribution >= 4 is 36.8 Å². The molecule has 0 aromatic heterocycles. The molecule has 0 atom stereocenters. The van der Waals surface area contributed by atoms with E-state index in [1.165, 1.54) is 12.1 Å². The second kappa shape index (κ2) is 8.73. The van der Waals surface area contributed by atoms with E-state index >= 15 is 0 Å². The molecule has 0 spiro atoms. The van der Waals surface area contributed by atoms with Crippen molar-refractivity contribution in [3.8, 4) is 11.8 Å². The first-order valence-electron chi connectivity index (χ1n) is 5.75. The molecule has 0 saturated heterocycles. The number of hydrogen-bond acceptors (Lipinski definition) is 2. The van der Waals surface area contributed by atoms with Gasteiger partial charge in [-0.1, -0.05) is 30.0 Å². The number of aromatic carboxylic acids is 2. The Morgan fingerprint density at radius 3 is 1.64 bits per heavy atom. The molecule has 0 saturated carbocycles. The molecule has 0 unspecified atom stereocenters. The molecule has 2 aromatic carbocycles. The highest BCUT2D eigenvalue weighted by Gasteiger charge is 2.10.